The van der Waals surface area contributed by atoms with Gasteiger partial charge in [0.1, 0.15) is 5.76 Å². The summed E-state index contributed by atoms with van der Waals surface area (Å²) in [6, 6.07) is 3.28. The van der Waals surface area contributed by atoms with E-state index in [9.17, 15) is 8.42 Å². The van der Waals surface area contributed by atoms with E-state index in [0.29, 0.717) is 18.2 Å². The molecule has 2 rings (SSSR count). The highest BCUT2D eigenvalue weighted by Gasteiger charge is 2.25. The Morgan fingerprint density at radius 2 is 2.05 bits per heavy atom. The SMILES string of the molecule is CCNCc1ccc(S(=O)(=O)NC2CCCC(C)CC2)o1. The minimum atomic E-state index is -3.54. The van der Waals surface area contributed by atoms with Crippen molar-refractivity contribution >= 4 is 10.0 Å². The van der Waals surface area contributed by atoms with Crippen LogP contribution in [0.2, 0.25) is 0 Å². The molecule has 2 unspecified atom stereocenters. The second-order valence-electron chi connectivity index (χ2n) is 5.93. The highest BCUT2D eigenvalue weighted by molar-refractivity contribution is 7.89. The maximum Gasteiger partial charge on any atom is 0.274 e. The molecule has 0 aromatic carbocycles. The second kappa shape index (κ2) is 7.42. The molecule has 6 heteroatoms. The molecule has 5 nitrogen and oxygen atoms in total. The van der Waals surface area contributed by atoms with Crippen molar-refractivity contribution in [1.29, 1.82) is 0 Å². The Morgan fingerprint density at radius 1 is 1.24 bits per heavy atom. The fourth-order valence-electron chi connectivity index (χ4n) is 2.73. The molecule has 0 spiro atoms. The molecule has 0 radical (unpaired) electrons. The van der Waals surface area contributed by atoms with Crippen molar-refractivity contribution in [2.75, 3.05) is 6.54 Å². The zero-order valence-corrected chi connectivity index (χ0v) is 13.7. The van der Waals surface area contributed by atoms with E-state index in [1.54, 1.807) is 6.07 Å². The molecule has 1 aliphatic carbocycles. The lowest BCUT2D eigenvalue weighted by Gasteiger charge is -2.15. The Labute approximate surface area is 127 Å². The minimum Gasteiger partial charge on any atom is -0.447 e. The highest BCUT2D eigenvalue weighted by atomic mass is 32.2. The minimum absolute atomic E-state index is 0.0210. The van der Waals surface area contributed by atoms with Gasteiger partial charge in [-0.15, -0.1) is 0 Å². The molecule has 1 aromatic heterocycles. The normalized spacial score (nSPS) is 23.9. The van der Waals surface area contributed by atoms with Crippen LogP contribution in [0.5, 0.6) is 0 Å². The number of sulfonamides is 1. The molecule has 1 aromatic rings. The summed E-state index contributed by atoms with van der Waals surface area (Å²) in [7, 11) is -3.54. The molecule has 21 heavy (non-hydrogen) atoms. The van der Waals surface area contributed by atoms with Gasteiger partial charge in [0, 0.05) is 6.04 Å². The first kappa shape index (κ1) is 16.5. The van der Waals surface area contributed by atoms with E-state index in [4.69, 9.17) is 4.42 Å². The van der Waals surface area contributed by atoms with Crippen LogP contribution in [0.25, 0.3) is 0 Å². The first-order chi connectivity index (χ1) is 10.0. The molecule has 1 saturated carbocycles. The van der Waals surface area contributed by atoms with Crippen molar-refractivity contribution in [3.05, 3.63) is 17.9 Å². The summed E-state index contributed by atoms with van der Waals surface area (Å²) in [6.45, 7) is 5.60. The molecule has 0 aliphatic heterocycles. The molecular formula is C15H26N2O3S. The lowest BCUT2D eigenvalue weighted by Crippen LogP contribution is -2.34. The fourth-order valence-corrected chi connectivity index (χ4v) is 3.98. The third-order valence-corrected chi connectivity index (χ3v) is 5.42. The van der Waals surface area contributed by atoms with E-state index < -0.39 is 10.0 Å². The van der Waals surface area contributed by atoms with Crippen LogP contribution in [0.3, 0.4) is 0 Å². The van der Waals surface area contributed by atoms with Gasteiger partial charge in [0.2, 0.25) is 5.09 Å². The molecule has 1 heterocycles. The van der Waals surface area contributed by atoms with Gasteiger partial charge in [-0.2, -0.15) is 0 Å². The van der Waals surface area contributed by atoms with Gasteiger partial charge in [-0.3, -0.25) is 0 Å². The molecule has 0 bridgehead atoms. The average molecular weight is 314 g/mol. The molecule has 1 aliphatic rings. The van der Waals surface area contributed by atoms with Gasteiger partial charge in [-0.1, -0.05) is 26.7 Å². The van der Waals surface area contributed by atoms with E-state index in [1.165, 1.54) is 12.5 Å². The van der Waals surface area contributed by atoms with Crippen LogP contribution in [0.15, 0.2) is 21.6 Å². The largest absolute Gasteiger partial charge is 0.447 e. The number of hydrogen-bond acceptors (Lipinski definition) is 4. The zero-order valence-electron chi connectivity index (χ0n) is 12.9. The van der Waals surface area contributed by atoms with Crippen LogP contribution in [0.1, 0.15) is 51.7 Å². The average Bonchev–Trinajstić information content (AvgIpc) is 2.83. The summed E-state index contributed by atoms with van der Waals surface area (Å²) in [5.74, 6) is 1.33. The number of hydrogen-bond donors (Lipinski definition) is 2. The van der Waals surface area contributed by atoms with Gasteiger partial charge in [-0.05, 0) is 43.9 Å². The fraction of sp³-hybridized carbons (Fsp3) is 0.733. The number of furan rings is 1. The predicted octanol–water partition coefficient (Wildman–Crippen LogP) is 2.64. The maximum atomic E-state index is 12.4. The van der Waals surface area contributed by atoms with Gasteiger partial charge < -0.3 is 9.73 Å². The highest BCUT2D eigenvalue weighted by Crippen LogP contribution is 2.24. The lowest BCUT2D eigenvalue weighted by atomic mass is 10.0. The van der Waals surface area contributed by atoms with E-state index in [-0.39, 0.29) is 11.1 Å². The van der Waals surface area contributed by atoms with Gasteiger partial charge in [0.25, 0.3) is 10.0 Å². The first-order valence-electron chi connectivity index (χ1n) is 7.83. The summed E-state index contributed by atoms with van der Waals surface area (Å²) in [6.07, 6.45) is 5.17. The molecule has 120 valence electrons. The molecular weight excluding hydrogens is 288 g/mol. The topological polar surface area (TPSA) is 71.3 Å². The van der Waals surface area contributed by atoms with Crippen molar-refractivity contribution in [1.82, 2.24) is 10.0 Å². The van der Waals surface area contributed by atoms with Crippen molar-refractivity contribution in [3.63, 3.8) is 0 Å². The number of nitrogens with one attached hydrogen (secondary N) is 2. The Kier molecular flexibility index (Phi) is 5.84. The van der Waals surface area contributed by atoms with E-state index in [1.807, 2.05) is 6.92 Å². The summed E-state index contributed by atoms with van der Waals surface area (Å²) in [5, 5.41) is 3.14. The quantitative estimate of drug-likeness (QED) is 0.792. The van der Waals surface area contributed by atoms with Gasteiger partial charge in [0.15, 0.2) is 0 Å². The maximum absolute atomic E-state index is 12.4. The van der Waals surface area contributed by atoms with Crippen LogP contribution >= 0.6 is 0 Å². The first-order valence-corrected chi connectivity index (χ1v) is 9.31. The van der Waals surface area contributed by atoms with Crippen LogP contribution < -0.4 is 10.0 Å². The standard InChI is InChI=1S/C15H26N2O3S/c1-3-16-11-14-9-10-15(20-14)21(18,19)17-13-6-4-5-12(2)7-8-13/h9-10,12-13,16-17H,3-8,11H2,1-2H3. The van der Waals surface area contributed by atoms with Gasteiger partial charge in [0.05, 0.1) is 6.54 Å². The summed E-state index contributed by atoms with van der Waals surface area (Å²) in [5.41, 5.74) is 0. The molecule has 0 amide bonds. The van der Waals surface area contributed by atoms with Gasteiger partial charge >= 0.3 is 0 Å². The molecule has 0 saturated heterocycles. The predicted molar refractivity (Wildman–Crippen MR) is 82.4 cm³/mol. The van der Waals surface area contributed by atoms with Crippen molar-refractivity contribution in [3.8, 4) is 0 Å². The lowest BCUT2D eigenvalue weighted by molar-refractivity contribution is 0.396. The summed E-state index contributed by atoms with van der Waals surface area (Å²) >= 11 is 0. The Hall–Kier alpha value is -0.850. The number of rotatable bonds is 6. The van der Waals surface area contributed by atoms with Crippen molar-refractivity contribution in [2.45, 2.75) is 63.6 Å². The Bertz CT molecular complexity index is 539. The van der Waals surface area contributed by atoms with Crippen molar-refractivity contribution in [2.24, 2.45) is 5.92 Å². The second-order valence-corrected chi connectivity index (χ2v) is 7.58. The Balaban J connectivity index is 1.99. The molecule has 2 N–H and O–H groups in total. The Morgan fingerprint density at radius 3 is 2.81 bits per heavy atom. The zero-order chi connectivity index (χ0) is 15.3. The molecule has 2 atom stereocenters. The molecule has 1 fully saturated rings. The third kappa shape index (κ3) is 4.83. The van der Waals surface area contributed by atoms with E-state index >= 15 is 0 Å². The van der Waals surface area contributed by atoms with Crippen LogP contribution in [0.4, 0.5) is 0 Å². The third-order valence-electron chi connectivity index (χ3n) is 4.03. The van der Waals surface area contributed by atoms with E-state index in [0.717, 1.165) is 32.2 Å². The van der Waals surface area contributed by atoms with Crippen LogP contribution in [-0.2, 0) is 16.6 Å². The monoisotopic (exact) mass is 314 g/mol. The summed E-state index contributed by atoms with van der Waals surface area (Å²) in [4.78, 5) is 0. The van der Waals surface area contributed by atoms with Crippen LogP contribution in [0, 0.1) is 5.92 Å². The summed E-state index contributed by atoms with van der Waals surface area (Å²) < 4.78 is 32.9. The van der Waals surface area contributed by atoms with Crippen LogP contribution in [-0.4, -0.2) is 21.0 Å². The smallest absolute Gasteiger partial charge is 0.274 e. The van der Waals surface area contributed by atoms with Crippen molar-refractivity contribution < 1.29 is 12.8 Å². The van der Waals surface area contributed by atoms with E-state index in [2.05, 4.69) is 17.0 Å². The van der Waals surface area contributed by atoms with Gasteiger partial charge in [-0.25, -0.2) is 13.1 Å².